The van der Waals surface area contributed by atoms with E-state index in [4.69, 9.17) is 9.22 Å². The van der Waals surface area contributed by atoms with Crippen LogP contribution in [0, 0.1) is 6.85 Å². The molecule has 9 heavy (non-hydrogen) atoms. The van der Waals surface area contributed by atoms with Crippen LogP contribution in [0.15, 0.2) is 4.42 Å². The minimum Gasteiger partial charge on any atom is -0.474 e. The van der Waals surface area contributed by atoms with Crippen LogP contribution in [0.4, 0.5) is 0 Å². The molecule has 0 saturated carbocycles. The lowest BCUT2D eigenvalue weighted by Crippen LogP contribution is -1.95. The second kappa shape index (κ2) is 1.85. The predicted molar refractivity (Wildman–Crippen MR) is 26.0 cm³/mol. The number of rotatable bonds is 1. The molecule has 48 valence electrons. The minimum atomic E-state index is -2.55. The number of carbonyl (C=O) groups is 1. The normalized spacial score (nSPS) is 15.8. The first kappa shape index (κ1) is 2.95. The standard InChI is InChI=1S/C4H4N2O3/c1-2-5-6-3(9-2)4(7)8/h1H3,(H,7,8)/i1D3. The third-order valence-corrected chi connectivity index (χ3v) is 0.608. The SMILES string of the molecule is [2H]C([2H])([2H])c1nnc(C(=O)O)o1. The molecule has 1 heterocycles. The van der Waals surface area contributed by atoms with Gasteiger partial charge in [-0.3, -0.25) is 0 Å². The van der Waals surface area contributed by atoms with Gasteiger partial charge >= 0.3 is 11.9 Å². The van der Waals surface area contributed by atoms with E-state index in [1.54, 1.807) is 0 Å². The predicted octanol–water partition coefficient (Wildman–Crippen LogP) is 0.0762. The van der Waals surface area contributed by atoms with Crippen LogP contribution in [0.3, 0.4) is 0 Å². The Labute approximate surface area is 54.5 Å². The maximum absolute atomic E-state index is 10.2. The van der Waals surface area contributed by atoms with E-state index < -0.39 is 24.6 Å². The Bertz CT molecular complexity index is 305. The first-order valence-electron chi connectivity index (χ1n) is 3.48. The number of hydrogen-bond donors (Lipinski definition) is 1. The molecule has 0 atom stereocenters. The number of hydrogen-bond acceptors (Lipinski definition) is 4. The highest BCUT2D eigenvalue weighted by Crippen LogP contribution is 1.95. The molecule has 5 nitrogen and oxygen atoms in total. The van der Waals surface area contributed by atoms with Crippen LogP contribution in [-0.2, 0) is 0 Å². The molecular formula is C4H4N2O3. The van der Waals surface area contributed by atoms with Crippen molar-refractivity contribution in [2.24, 2.45) is 0 Å². The molecule has 0 aliphatic heterocycles. The van der Waals surface area contributed by atoms with E-state index in [2.05, 4.69) is 14.6 Å². The summed E-state index contributed by atoms with van der Waals surface area (Å²) in [5, 5.41) is 14.3. The topological polar surface area (TPSA) is 76.2 Å². The molecule has 5 heteroatoms. The Balaban J connectivity index is 3.00. The van der Waals surface area contributed by atoms with E-state index >= 15 is 0 Å². The molecule has 1 rings (SSSR count). The Morgan fingerprint density at radius 3 is 3.00 bits per heavy atom. The van der Waals surface area contributed by atoms with Gasteiger partial charge in [-0.2, -0.15) is 0 Å². The van der Waals surface area contributed by atoms with Crippen LogP contribution in [0.5, 0.6) is 0 Å². The first-order chi connectivity index (χ1) is 5.41. The number of carboxylic acids is 1. The Hall–Kier alpha value is -1.39. The van der Waals surface area contributed by atoms with Crippen LogP contribution in [-0.4, -0.2) is 21.3 Å². The molecule has 0 aliphatic rings. The van der Waals surface area contributed by atoms with Crippen molar-refractivity contribution in [3.05, 3.63) is 11.8 Å². The van der Waals surface area contributed by atoms with E-state index in [1.807, 2.05) is 0 Å². The zero-order valence-corrected chi connectivity index (χ0v) is 4.16. The molecule has 0 bridgehead atoms. The van der Waals surface area contributed by atoms with Crippen molar-refractivity contribution in [1.29, 1.82) is 0 Å². The second-order valence-corrected chi connectivity index (χ2v) is 1.22. The Morgan fingerprint density at radius 2 is 2.67 bits per heavy atom. The lowest BCUT2D eigenvalue weighted by Gasteiger charge is -1.77. The lowest BCUT2D eigenvalue weighted by molar-refractivity contribution is 0.0652. The van der Waals surface area contributed by atoms with Crippen molar-refractivity contribution in [3.63, 3.8) is 0 Å². The monoisotopic (exact) mass is 131 g/mol. The summed E-state index contributed by atoms with van der Waals surface area (Å²) in [5.41, 5.74) is 0. The zero-order chi connectivity index (χ0) is 9.35. The maximum atomic E-state index is 10.2. The van der Waals surface area contributed by atoms with E-state index in [9.17, 15) is 4.79 Å². The fraction of sp³-hybridized carbons (Fsp3) is 0.250. The highest BCUT2D eigenvalue weighted by atomic mass is 16.4. The van der Waals surface area contributed by atoms with Gasteiger partial charge in [0.1, 0.15) is 0 Å². The van der Waals surface area contributed by atoms with Crippen molar-refractivity contribution in [2.45, 2.75) is 6.85 Å². The highest BCUT2D eigenvalue weighted by molar-refractivity contribution is 5.81. The van der Waals surface area contributed by atoms with Crippen LogP contribution < -0.4 is 0 Å². The van der Waals surface area contributed by atoms with Crippen molar-refractivity contribution in [2.75, 3.05) is 0 Å². The van der Waals surface area contributed by atoms with Gasteiger partial charge in [0.15, 0.2) is 0 Å². The fourth-order valence-corrected chi connectivity index (χ4v) is 0.310. The second-order valence-electron chi connectivity index (χ2n) is 1.22. The van der Waals surface area contributed by atoms with Crippen LogP contribution >= 0.6 is 0 Å². The molecule has 0 saturated heterocycles. The van der Waals surface area contributed by atoms with Gasteiger partial charge in [0.05, 0.1) is 0 Å². The summed E-state index contributed by atoms with van der Waals surface area (Å²) in [6.45, 7) is -2.55. The maximum Gasteiger partial charge on any atom is 0.393 e. The zero-order valence-electron chi connectivity index (χ0n) is 7.16. The molecule has 0 amide bonds. The number of aromatic nitrogens is 2. The van der Waals surface area contributed by atoms with Crippen molar-refractivity contribution in [3.8, 4) is 0 Å². The van der Waals surface area contributed by atoms with Gasteiger partial charge in [0, 0.05) is 11.0 Å². The van der Waals surface area contributed by atoms with Crippen molar-refractivity contribution < 1.29 is 18.4 Å². The summed E-state index contributed by atoms with van der Waals surface area (Å²) < 4.78 is 24.6. The molecule has 0 radical (unpaired) electrons. The summed E-state index contributed by atoms with van der Waals surface area (Å²) in [6, 6.07) is 0. The summed E-state index contributed by atoms with van der Waals surface area (Å²) in [6.07, 6.45) is 0. The van der Waals surface area contributed by atoms with Gasteiger partial charge < -0.3 is 9.52 Å². The summed E-state index contributed by atoms with van der Waals surface area (Å²) in [5.74, 6) is -2.83. The van der Waals surface area contributed by atoms with Gasteiger partial charge in [-0.25, -0.2) is 4.79 Å². The van der Waals surface area contributed by atoms with E-state index in [0.29, 0.717) is 0 Å². The van der Waals surface area contributed by atoms with Crippen molar-refractivity contribution >= 4 is 5.97 Å². The van der Waals surface area contributed by atoms with Crippen LogP contribution in [0.25, 0.3) is 0 Å². The smallest absolute Gasteiger partial charge is 0.393 e. The third kappa shape index (κ3) is 1.04. The molecule has 0 fully saturated rings. The van der Waals surface area contributed by atoms with Gasteiger partial charge in [-0.15, -0.1) is 10.2 Å². The van der Waals surface area contributed by atoms with E-state index in [1.165, 1.54) is 0 Å². The molecule has 1 N–H and O–H groups in total. The Morgan fingerprint density at radius 1 is 1.89 bits per heavy atom. The molecule has 0 unspecified atom stereocenters. The quantitative estimate of drug-likeness (QED) is 0.583. The highest BCUT2D eigenvalue weighted by Gasteiger charge is 2.09. The first-order valence-corrected chi connectivity index (χ1v) is 1.98. The summed E-state index contributed by atoms with van der Waals surface area (Å²) in [7, 11) is 0. The summed E-state index contributed by atoms with van der Waals surface area (Å²) in [4.78, 5) is 10.2. The van der Waals surface area contributed by atoms with Gasteiger partial charge in [-0.1, -0.05) is 0 Å². The number of aromatic carboxylic acids is 1. The van der Waals surface area contributed by atoms with Crippen molar-refractivity contribution in [1.82, 2.24) is 10.2 Å². The molecule has 0 aromatic carbocycles. The minimum absolute atomic E-state index is 0.667. The third-order valence-electron chi connectivity index (χ3n) is 0.608. The summed E-state index contributed by atoms with van der Waals surface area (Å²) >= 11 is 0. The Kier molecular flexibility index (Phi) is 0.606. The van der Waals surface area contributed by atoms with Crippen LogP contribution in [0.1, 0.15) is 20.7 Å². The van der Waals surface area contributed by atoms with E-state index in [0.717, 1.165) is 0 Å². The molecular weight excluding hydrogens is 124 g/mol. The molecule has 1 aromatic rings. The molecule has 0 aliphatic carbocycles. The van der Waals surface area contributed by atoms with Crippen LogP contribution in [0.2, 0.25) is 0 Å². The largest absolute Gasteiger partial charge is 0.474 e. The molecule has 1 aromatic heterocycles. The van der Waals surface area contributed by atoms with Gasteiger partial charge in [0.25, 0.3) is 0 Å². The van der Waals surface area contributed by atoms with Gasteiger partial charge in [0.2, 0.25) is 5.89 Å². The average molecular weight is 131 g/mol. The molecule has 0 spiro atoms. The average Bonchev–Trinajstić information content (AvgIpc) is 2.30. The fourth-order valence-electron chi connectivity index (χ4n) is 0.310. The van der Waals surface area contributed by atoms with Gasteiger partial charge in [-0.05, 0) is 0 Å². The number of aryl methyl sites for hydroxylation is 1. The number of nitrogens with zero attached hydrogens (tertiary/aromatic N) is 2. The van der Waals surface area contributed by atoms with E-state index in [-0.39, 0.29) is 0 Å². The lowest BCUT2D eigenvalue weighted by atomic mass is 10.7. The number of carboxylic acid groups (broad SMARTS) is 1.